The molecule has 0 amide bonds. The topological polar surface area (TPSA) is 50.2 Å². The Labute approximate surface area is 185 Å². The van der Waals surface area contributed by atoms with Crippen LogP contribution in [0, 0.1) is 0 Å². The van der Waals surface area contributed by atoms with Gasteiger partial charge in [0.05, 0.1) is 46.4 Å². The second kappa shape index (κ2) is 11.6. The molecule has 1 aliphatic heterocycles. The van der Waals surface area contributed by atoms with Crippen molar-refractivity contribution in [2.24, 2.45) is 0 Å². The van der Waals surface area contributed by atoms with Crippen molar-refractivity contribution in [3.05, 3.63) is 48.5 Å². The molecule has 0 atom stereocenters. The number of rotatable bonds is 9. The van der Waals surface area contributed by atoms with Gasteiger partial charge in [0.15, 0.2) is 5.11 Å². The van der Waals surface area contributed by atoms with Crippen molar-refractivity contribution in [1.82, 2.24) is 5.32 Å². The van der Waals surface area contributed by atoms with Gasteiger partial charge in [-0.1, -0.05) is 0 Å². The second-order valence-corrected chi connectivity index (χ2v) is 7.79. The van der Waals surface area contributed by atoms with Crippen LogP contribution in [0.15, 0.2) is 48.5 Å². The number of thiocarbonyl (C=S) groups is 1. The summed E-state index contributed by atoms with van der Waals surface area (Å²) in [4.78, 5) is 4.11. The first-order chi connectivity index (χ1) is 14.7. The lowest BCUT2D eigenvalue weighted by molar-refractivity contribution is -0.900. The lowest BCUT2D eigenvalue weighted by Gasteiger charge is -2.33. The van der Waals surface area contributed by atoms with E-state index >= 15 is 0 Å². The molecule has 0 saturated carbocycles. The van der Waals surface area contributed by atoms with Gasteiger partial charge in [-0.3, -0.25) is 0 Å². The summed E-state index contributed by atoms with van der Waals surface area (Å²) < 4.78 is 10.7. The summed E-state index contributed by atoms with van der Waals surface area (Å²) in [5.74, 6) is 1.78. The maximum atomic E-state index is 5.46. The number of anilines is 2. The number of hydrogen-bond acceptors (Lipinski definition) is 4. The van der Waals surface area contributed by atoms with Crippen LogP contribution < -0.4 is 29.9 Å². The number of nitrogens with zero attached hydrogens (tertiary/aromatic N) is 1. The minimum absolute atomic E-state index is 0.665. The van der Waals surface area contributed by atoms with E-state index in [9.17, 15) is 0 Å². The fraction of sp³-hybridized carbons (Fsp3) is 0.435. The van der Waals surface area contributed by atoms with Crippen LogP contribution in [-0.4, -0.2) is 58.1 Å². The molecule has 1 fully saturated rings. The zero-order valence-corrected chi connectivity index (χ0v) is 18.8. The molecule has 0 aliphatic carbocycles. The van der Waals surface area contributed by atoms with Crippen LogP contribution >= 0.6 is 12.2 Å². The monoisotopic (exact) mass is 429 g/mol. The molecule has 0 spiro atoms. The standard InChI is InChI=1S/C23H32N4O2S/c1-3-29-22-9-5-19(6-10-22)25-23(30)24-13-4-14-26-15-17-27(18-16-26)20-7-11-21(28-2)12-8-20/h5-12H,3-4,13-18H2,1-2H3,(H2,24,25,30)/p+1. The Hall–Kier alpha value is -2.51. The summed E-state index contributed by atoms with van der Waals surface area (Å²) in [5, 5.41) is 7.20. The Balaban J connectivity index is 1.30. The molecule has 162 valence electrons. The zero-order chi connectivity index (χ0) is 21.2. The largest absolute Gasteiger partial charge is 0.497 e. The highest BCUT2D eigenvalue weighted by Gasteiger charge is 2.19. The average Bonchev–Trinajstić information content (AvgIpc) is 2.79. The van der Waals surface area contributed by atoms with Crippen molar-refractivity contribution in [1.29, 1.82) is 0 Å². The Morgan fingerprint density at radius 1 is 1.03 bits per heavy atom. The number of nitrogens with one attached hydrogen (secondary N) is 3. The predicted octanol–water partition coefficient (Wildman–Crippen LogP) is 2.18. The molecule has 0 bridgehead atoms. The van der Waals surface area contributed by atoms with Crippen molar-refractivity contribution >= 4 is 28.7 Å². The Morgan fingerprint density at radius 2 is 1.70 bits per heavy atom. The van der Waals surface area contributed by atoms with Crippen molar-refractivity contribution in [3.8, 4) is 11.5 Å². The van der Waals surface area contributed by atoms with Crippen molar-refractivity contribution in [2.45, 2.75) is 13.3 Å². The molecule has 30 heavy (non-hydrogen) atoms. The fourth-order valence-electron chi connectivity index (χ4n) is 3.64. The van der Waals surface area contributed by atoms with E-state index in [2.05, 4.69) is 27.7 Å². The third kappa shape index (κ3) is 6.78. The summed E-state index contributed by atoms with van der Waals surface area (Å²) >= 11 is 5.40. The van der Waals surface area contributed by atoms with Crippen LogP contribution in [0.3, 0.4) is 0 Å². The van der Waals surface area contributed by atoms with Gasteiger partial charge in [0, 0.05) is 24.3 Å². The molecular weight excluding hydrogens is 396 g/mol. The average molecular weight is 430 g/mol. The number of piperazine rings is 1. The van der Waals surface area contributed by atoms with E-state index < -0.39 is 0 Å². The van der Waals surface area contributed by atoms with Gasteiger partial charge in [0.1, 0.15) is 11.5 Å². The summed E-state index contributed by atoms with van der Waals surface area (Å²) in [6.07, 6.45) is 1.10. The molecule has 1 saturated heterocycles. The van der Waals surface area contributed by atoms with E-state index in [1.165, 1.54) is 18.8 Å². The van der Waals surface area contributed by atoms with Gasteiger partial charge in [0.2, 0.25) is 0 Å². The first kappa shape index (κ1) is 22.2. The Kier molecular flexibility index (Phi) is 8.59. The molecule has 3 rings (SSSR count). The smallest absolute Gasteiger partial charge is 0.170 e. The molecule has 7 heteroatoms. The van der Waals surface area contributed by atoms with Crippen molar-refractivity contribution in [3.63, 3.8) is 0 Å². The van der Waals surface area contributed by atoms with Gasteiger partial charge in [-0.2, -0.15) is 0 Å². The minimum Gasteiger partial charge on any atom is -0.497 e. The Bertz CT molecular complexity index is 775. The van der Waals surface area contributed by atoms with E-state index in [1.54, 1.807) is 12.0 Å². The molecule has 6 nitrogen and oxygen atoms in total. The Morgan fingerprint density at radius 3 is 2.33 bits per heavy atom. The molecule has 0 radical (unpaired) electrons. The number of ether oxygens (including phenoxy) is 2. The number of benzene rings is 2. The minimum atomic E-state index is 0.665. The van der Waals surface area contributed by atoms with Crippen LogP contribution in [0.5, 0.6) is 11.5 Å². The lowest BCUT2D eigenvalue weighted by atomic mass is 10.2. The molecule has 2 aromatic carbocycles. The third-order valence-electron chi connectivity index (χ3n) is 5.32. The molecule has 2 aromatic rings. The summed E-state index contributed by atoms with van der Waals surface area (Å²) in [5.41, 5.74) is 2.25. The third-order valence-corrected chi connectivity index (χ3v) is 5.57. The van der Waals surface area contributed by atoms with E-state index in [0.29, 0.717) is 11.7 Å². The van der Waals surface area contributed by atoms with Gasteiger partial charge >= 0.3 is 0 Å². The number of methoxy groups -OCH3 is 1. The molecular formula is C23H33N4O2S+. The summed E-state index contributed by atoms with van der Waals surface area (Å²) in [6, 6.07) is 16.2. The van der Waals surface area contributed by atoms with Crippen molar-refractivity contribution in [2.75, 3.05) is 63.2 Å². The normalized spacial score (nSPS) is 14.3. The zero-order valence-electron chi connectivity index (χ0n) is 17.9. The molecule has 0 aromatic heterocycles. The molecule has 0 unspecified atom stereocenters. The van der Waals surface area contributed by atoms with E-state index in [1.807, 2.05) is 43.3 Å². The van der Waals surface area contributed by atoms with E-state index in [4.69, 9.17) is 21.7 Å². The predicted molar refractivity (Wildman–Crippen MR) is 127 cm³/mol. The van der Waals surface area contributed by atoms with Crippen LogP contribution in [0.25, 0.3) is 0 Å². The van der Waals surface area contributed by atoms with Gasteiger partial charge in [-0.25, -0.2) is 0 Å². The lowest BCUT2D eigenvalue weighted by Crippen LogP contribution is -3.15. The SMILES string of the molecule is CCOc1ccc(NC(=S)NCCC[NH+]2CCN(c3ccc(OC)cc3)CC2)cc1. The van der Waals surface area contributed by atoms with Crippen molar-refractivity contribution < 1.29 is 14.4 Å². The van der Waals surface area contributed by atoms with E-state index in [0.717, 1.165) is 49.8 Å². The summed E-state index contributed by atoms with van der Waals surface area (Å²) in [6.45, 7) is 9.21. The van der Waals surface area contributed by atoms with Crippen LogP contribution in [0.1, 0.15) is 13.3 Å². The van der Waals surface area contributed by atoms with Gasteiger partial charge < -0.3 is 29.9 Å². The maximum Gasteiger partial charge on any atom is 0.170 e. The first-order valence-electron chi connectivity index (χ1n) is 10.7. The molecule has 1 aliphatic rings. The van der Waals surface area contributed by atoms with Gasteiger partial charge in [-0.05, 0) is 67.7 Å². The van der Waals surface area contributed by atoms with Crippen LogP contribution in [-0.2, 0) is 0 Å². The fourth-order valence-corrected chi connectivity index (χ4v) is 3.86. The highest BCUT2D eigenvalue weighted by molar-refractivity contribution is 7.80. The first-order valence-corrected chi connectivity index (χ1v) is 11.1. The second-order valence-electron chi connectivity index (χ2n) is 7.38. The highest BCUT2D eigenvalue weighted by atomic mass is 32.1. The number of quaternary nitrogens is 1. The van der Waals surface area contributed by atoms with Gasteiger partial charge in [0.25, 0.3) is 0 Å². The quantitative estimate of drug-likeness (QED) is 0.420. The summed E-state index contributed by atoms with van der Waals surface area (Å²) in [7, 11) is 1.70. The highest BCUT2D eigenvalue weighted by Crippen LogP contribution is 2.19. The van der Waals surface area contributed by atoms with Crippen LogP contribution in [0.2, 0.25) is 0 Å². The molecule has 3 N–H and O–H groups in total. The molecule has 1 heterocycles. The van der Waals surface area contributed by atoms with Gasteiger partial charge in [-0.15, -0.1) is 0 Å². The van der Waals surface area contributed by atoms with Crippen LogP contribution in [0.4, 0.5) is 11.4 Å². The van der Waals surface area contributed by atoms with E-state index in [-0.39, 0.29) is 0 Å². The number of hydrogen-bond donors (Lipinski definition) is 3. The maximum absolute atomic E-state index is 5.46.